The van der Waals surface area contributed by atoms with Gasteiger partial charge in [0.25, 0.3) is 5.91 Å². The fraction of sp³-hybridized carbons (Fsp3) is 0.600. The second-order valence-electron chi connectivity index (χ2n) is 7.73. The number of nitrogens with one attached hydrogen (secondary N) is 1. The van der Waals surface area contributed by atoms with Crippen molar-refractivity contribution in [2.24, 2.45) is 0 Å². The zero-order valence-electron chi connectivity index (χ0n) is 17.6. The average Bonchev–Trinajstić information content (AvgIpc) is 3.48. The van der Waals surface area contributed by atoms with Gasteiger partial charge in [0.1, 0.15) is 11.4 Å². The van der Waals surface area contributed by atoms with Crippen molar-refractivity contribution in [2.45, 2.75) is 32.4 Å². The van der Waals surface area contributed by atoms with Gasteiger partial charge >= 0.3 is 0 Å². The highest BCUT2D eigenvalue weighted by atomic mass is 32.1. The van der Waals surface area contributed by atoms with Crippen LogP contribution in [0.1, 0.15) is 33.9 Å². The van der Waals surface area contributed by atoms with Crippen LogP contribution >= 0.6 is 11.3 Å². The number of carbonyl (C=O) groups excluding carboxylic acids is 2. The zero-order valence-corrected chi connectivity index (χ0v) is 18.4. The summed E-state index contributed by atoms with van der Waals surface area (Å²) in [7, 11) is 3.15. The summed E-state index contributed by atoms with van der Waals surface area (Å²) in [6, 6.07) is 0.376. The SMILES string of the molecule is COCc1nc(OC)c2c(C)c(C(=O)N3CCN(CC(=O)NC4CC4)CC3)sc2n1. The van der Waals surface area contributed by atoms with Crippen molar-refractivity contribution in [1.29, 1.82) is 0 Å². The summed E-state index contributed by atoms with van der Waals surface area (Å²) in [4.78, 5) is 39.5. The van der Waals surface area contributed by atoms with E-state index in [9.17, 15) is 9.59 Å². The predicted molar refractivity (Wildman–Crippen MR) is 113 cm³/mol. The molecule has 10 heteroatoms. The molecule has 0 atom stereocenters. The Kier molecular flexibility index (Phi) is 6.16. The van der Waals surface area contributed by atoms with Gasteiger partial charge in [0.05, 0.1) is 23.9 Å². The number of aryl methyl sites for hydroxylation is 1. The number of hydrogen-bond acceptors (Lipinski definition) is 8. The molecular weight excluding hydrogens is 406 g/mol. The minimum Gasteiger partial charge on any atom is -0.480 e. The van der Waals surface area contributed by atoms with Gasteiger partial charge < -0.3 is 19.7 Å². The Morgan fingerprint density at radius 3 is 2.53 bits per heavy atom. The third-order valence-electron chi connectivity index (χ3n) is 5.43. The fourth-order valence-corrected chi connectivity index (χ4v) is 4.80. The van der Waals surface area contributed by atoms with Gasteiger partial charge in [-0.2, -0.15) is 4.98 Å². The molecule has 0 bridgehead atoms. The molecular formula is C20H27N5O4S. The average molecular weight is 434 g/mol. The minimum atomic E-state index is -0.00655. The molecule has 0 aromatic carbocycles. The van der Waals surface area contributed by atoms with Gasteiger partial charge in [0.15, 0.2) is 5.82 Å². The van der Waals surface area contributed by atoms with E-state index in [-0.39, 0.29) is 18.4 Å². The number of ether oxygens (including phenoxy) is 2. The van der Waals surface area contributed by atoms with Crippen molar-refractivity contribution < 1.29 is 19.1 Å². The number of nitrogens with zero attached hydrogens (tertiary/aromatic N) is 4. The highest BCUT2D eigenvalue weighted by molar-refractivity contribution is 7.20. The summed E-state index contributed by atoms with van der Waals surface area (Å²) in [6.45, 7) is 5.16. The highest BCUT2D eigenvalue weighted by Gasteiger charge is 2.29. The molecule has 3 heterocycles. The van der Waals surface area contributed by atoms with Gasteiger partial charge in [-0.1, -0.05) is 0 Å². The van der Waals surface area contributed by atoms with Gasteiger partial charge in [-0.3, -0.25) is 14.5 Å². The molecule has 0 spiro atoms. The zero-order chi connectivity index (χ0) is 21.3. The Morgan fingerprint density at radius 2 is 1.90 bits per heavy atom. The first kappa shape index (κ1) is 21.0. The molecule has 2 aliphatic rings. The van der Waals surface area contributed by atoms with Gasteiger partial charge in [-0.15, -0.1) is 11.3 Å². The van der Waals surface area contributed by atoms with Crippen LogP contribution in [0.5, 0.6) is 5.88 Å². The third kappa shape index (κ3) is 4.40. The number of fused-ring (bicyclic) bond motifs is 1. The summed E-state index contributed by atoms with van der Waals surface area (Å²) in [5.41, 5.74) is 0.840. The standard InChI is InChI=1S/C20H27N5O4S/c1-12-16-18(29-3)22-14(11-28-2)23-19(16)30-17(12)20(27)25-8-6-24(7-9-25)10-15(26)21-13-4-5-13/h13H,4-11H2,1-3H3,(H,21,26). The topological polar surface area (TPSA) is 96.9 Å². The molecule has 9 nitrogen and oxygen atoms in total. The Bertz CT molecular complexity index is 950. The molecule has 4 rings (SSSR count). The van der Waals surface area contributed by atoms with Crippen LogP contribution in [0.4, 0.5) is 0 Å². The third-order valence-corrected chi connectivity index (χ3v) is 6.61. The fourth-order valence-electron chi connectivity index (χ4n) is 3.65. The van der Waals surface area contributed by atoms with E-state index in [0.29, 0.717) is 55.3 Å². The van der Waals surface area contributed by atoms with Crippen LogP contribution in [0.25, 0.3) is 10.2 Å². The van der Waals surface area contributed by atoms with Gasteiger partial charge in [-0.05, 0) is 25.3 Å². The van der Waals surface area contributed by atoms with Crippen molar-refractivity contribution in [2.75, 3.05) is 46.9 Å². The van der Waals surface area contributed by atoms with Crippen LogP contribution in [0.15, 0.2) is 0 Å². The van der Waals surface area contributed by atoms with E-state index in [1.807, 2.05) is 11.8 Å². The Balaban J connectivity index is 1.45. The summed E-state index contributed by atoms with van der Waals surface area (Å²) in [6.07, 6.45) is 2.18. The number of piperazine rings is 1. The van der Waals surface area contributed by atoms with E-state index >= 15 is 0 Å². The van der Waals surface area contributed by atoms with E-state index in [4.69, 9.17) is 9.47 Å². The van der Waals surface area contributed by atoms with Crippen molar-refractivity contribution >= 4 is 33.4 Å². The van der Waals surface area contributed by atoms with Crippen LogP contribution in [0.2, 0.25) is 0 Å². The van der Waals surface area contributed by atoms with Crippen molar-refractivity contribution in [3.63, 3.8) is 0 Å². The maximum Gasteiger partial charge on any atom is 0.264 e. The number of carbonyl (C=O) groups is 2. The summed E-state index contributed by atoms with van der Waals surface area (Å²) in [5.74, 6) is 1.06. The molecule has 1 aliphatic carbocycles. The highest BCUT2D eigenvalue weighted by Crippen LogP contribution is 2.35. The lowest BCUT2D eigenvalue weighted by molar-refractivity contribution is -0.122. The lowest BCUT2D eigenvalue weighted by atomic mass is 10.2. The molecule has 1 saturated carbocycles. The maximum absolute atomic E-state index is 13.2. The molecule has 2 aromatic heterocycles. The van der Waals surface area contributed by atoms with E-state index in [1.165, 1.54) is 11.3 Å². The Morgan fingerprint density at radius 1 is 1.17 bits per heavy atom. The molecule has 162 valence electrons. The molecule has 2 aromatic rings. The number of thiophene rings is 1. The van der Waals surface area contributed by atoms with E-state index < -0.39 is 0 Å². The van der Waals surface area contributed by atoms with E-state index in [1.54, 1.807) is 14.2 Å². The molecule has 30 heavy (non-hydrogen) atoms. The number of rotatable bonds is 7. The van der Waals surface area contributed by atoms with Crippen LogP contribution in [0.3, 0.4) is 0 Å². The second-order valence-corrected chi connectivity index (χ2v) is 8.73. The van der Waals surface area contributed by atoms with Crippen LogP contribution in [-0.4, -0.2) is 84.6 Å². The minimum absolute atomic E-state index is 0.00655. The quantitative estimate of drug-likeness (QED) is 0.701. The van der Waals surface area contributed by atoms with Crippen LogP contribution in [0, 0.1) is 6.92 Å². The molecule has 1 saturated heterocycles. The van der Waals surface area contributed by atoms with E-state index in [0.717, 1.165) is 28.6 Å². The monoisotopic (exact) mass is 433 g/mol. The Hall–Kier alpha value is -2.30. The van der Waals surface area contributed by atoms with Crippen molar-refractivity contribution in [1.82, 2.24) is 25.1 Å². The predicted octanol–water partition coefficient (Wildman–Crippen LogP) is 1.19. The summed E-state index contributed by atoms with van der Waals surface area (Å²) >= 11 is 1.36. The van der Waals surface area contributed by atoms with Gasteiger partial charge in [-0.25, -0.2) is 4.98 Å². The number of amides is 2. The second kappa shape index (κ2) is 8.83. The van der Waals surface area contributed by atoms with E-state index in [2.05, 4.69) is 20.2 Å². The first-order valence-electron chi connectivity index (χ1n) is 10.1. The largest absolute Gasteiger partial charge is 0.480 e. The van der Waals surface area contributed by atoms with Crippen LogP contribution in [-0.2, 0) is 16.1 Å². The van der Waals surface area contributed by atoms with Gasteiger partial charge in [0, 0.05) is 39.3 Å². The summed E-state index contributed by atoms with van der Waals surface area (Å²) in [5, 5.41) is 3.79. The first-order chi connectivity index (χ1) is 14.5. The molecule has 2 amide bonds. The Labute approximate surface area is 179 Å². The number of hydrogen-bond donors (Lipinski definition) is 1. The molecule has 1 aliphatic heterocycles. The summed E-state index contributed by atoms with van der Waals surface area (Å²) < 4.78 is 10.6. The number of methoxy groups -OCH3 is 2. The lowest BCUT2D eigenvalue weighted by Gasteiger charge is -2.34. The molecule has 0 radical (unpaired) electrons. The lowest BCUT2D eigenvalue weighted by Crippen LogP contribution is -2.51. The molecule has 0 unspecified atom stereocenters. The molecule has 2 fully saturated rings. The van der Waals surface area contributed by atoms with Crippen LogP contribution < -0.4 is 10.1 Å². The maximum atomic E-state index is 13.2. The first-order valence-corrected chi connectivity index (χ1v) is 11.0. The normalized spacial score (nSPS) is 17.4. The van der Waals surface area contributed by atoms with Crippen molar-refractivity contribution in [3.8, 4) is 5.88 Å². The smallest absolute Gasteiger partial charge is 0.264 e. The molecule has 1 N–H and O–H groups in total. The van der Waals surface area contributed by atoms with Gasteiger partial charge in [0.2, 0.25) is 11.8 Å². The van der Waals surface area contributed by atoms with Crippen molar-refractivity contribution in [3.05, 3.63) is 16.3 Å². The number of aromatic nitrogens is 2.